The molecule has 2 aromatic heterocycles. The zero-order valence-corrected chi connectivity index (χ0v) is 16.2. The minimum Gasteiger partial charge on any atom is -0.300 e. The van der Waals surface area contributed by atoms with Gasteiger partial charge < -0.3 is 4.57 Å². The molecular formula is C19H24ClN5. The van der Waals surface area contributed by atoms with Gasteiger partial charge in [-0.05, 0) is 31.4 Å². The molecule has 0 bridgehead atoms. The molecular weight excluding hydrogens is 334 g/mol. The Labute approximate surface area is 154 Å². The Morgan fingerprint density at radius 2 is 1.92 bits per heavy atom. The van der Waals surface area contributed by atoms with Crippen LogP contribution in [0.3, 0.4) is 0 Å². The predicted octanol–water partition coefficient (Wildman–Crippen LogP) is 4.12. The van der Waals surface area contributed by atoms with E-state index in [1.807, 2.05) is 11.0 Å². The number of halogens is 1. The number of aryl methyl sites for hydroxylation is 2. The van der Waals surface area contributed by atoms with Crippen LogP contribution in [-0.2, 0) is 13.0 Å². The summed E-state index contributed by atoms with van der Waals surface area (Å²) < 4.78 is 4.21. The van der Waals surface area contributed by atoms with E-state index in [1.54, 1.807) is 0 Å². The standard InChI is InChI=1S/C19H23N5.ClH/c1-12-6-7-15-14(8-12)18-21-17(9-19(3,4)5)22-24(18)10-16-13(2)20-11-23(15)16;/h6-8,11H,9-10H2,1-5H3;1H. The monoisotopic (exact) mass is 357 g/mol. The first-order valence-electron chi connectivity index (χ1n) is 8.40. The Bertz CT molecular complexity index is 930. The number of benzene rings is 1. The molecule has 0 amide bonds. The van der Waals surface area contributed by atoms with Crippen LogP contribution in [0, 0.1) is 19.3 Å². The third-order valence-electron chi connectivity index (χ3n) is 4.43. The molecule has 0 saturated carbocycles. The molecule has 0 N–H and O–H groups in total. The normalized spacial score (nSPS) is 12.7. The number of imidazole rings is 1. The third-order valence-corrected chi connectivity index (χ3v) is 4.43. The van der Waals surface area contributed by atoms with Crippen LogP contribution in [0.25, 0.3) is 17.1 Å². The lowest BCUT2D eigenvalue weighted by Gasteiger charge is -2.15. The van der Waals surface area contributed by atoms with E-state index in [0.717, 1.165) is 35.0 Å². The molecule has 25 heavy (non-hydrogen) atoms. The maximum absolute atomic E-state index is 4.89. The van der Waals surface area contributed by atoms with Gasteiger partial charge in [0.1, 0.15) is 0 Å². The summed E-state index contributed by atoms with van der Waals surface area (Å²) in [5, 5.41) is 4.81. The lowest BCUT2D eigenvalue weighted by Crippen LogP contribution is -2.11. The van der Waals surface area contributed by atoms with Crippen molar-refractivity contribution in [1.82, 2.24) is 24.3 Å². The number of rotatable bonds is 1. The topological polar surface area (TPSA) is 48.5 Å². The quantitative estimate of drug-likeness (QED) is 0.515. The number of nitrogens with zero attached hydrogens (tertiary/aromatic N) is 5. The van der Waals surface area contributed by atoms with Crippen LogP contribution < -0.4 is 0 Å². The smallest absolute Gasteiger partial charge is 0.160 e. The summed E-state index contributed by atoms with van der Waals surface area (Å²) in [7, 11) is 0. The minimum atomic E-state index is 0. The molecule has 0 unspecified atom stereocenters. The van der Waals surface area contributed by atoms with E-state index in [9.17, 15) is 0 Å². The first-order valence-corrected chi connectivity index (χ1v) is 8.40. The van der Waals surface area contributed by atoms with Crippen molar-refractivity contribution < 1.29 is 0 Å². The molecule has 132 valence electrons. The summed E-state index contributed by atoms with van der Waals surface area (Å²) in [4.78, 5) is 9.39. The first kappa shape index (κ1) is 17.7. The van der Waals surface area contributed by atoms with Crippen molar-refractivity contribution in [2.45, 2.75) is 47.6 Å². The summed E-state index contributed by atoms with van der Waals surface area (Å²) in [6.45, 7) is 11.5. The van der Waals surface area contributed by atoms with Gasteiger partial charge in [0.25, 0.3) is 0 Å². The zero-order chi connectivity index (χ0) is 17.1. The van der Waals surface area contributed by atoms with Gasteiger partial charge in [0.05, 0.1) is 29.9 Å². The van der Waals surface area contributed by atoms with Crippen LogP contribution in [0.2, 0.25) is 0 Å². The van der Waals surface area contributed by atoms with E-state index >= 15 is 0 Å². The summed E-state index contributed by atoms with van der Waals surface area (Å²) >= 11 is 0. The summed E-state index contributed by atoms with van der Waals surface area (Å²) in [5.41, 5.74) is 5.86. The number of hydrogen-bond acceptors (Lipinski definition) is 3. The number of fused-ring (bicyclic) bond motifs is 5. The van der Waals surface area contributed by atoms with Crippen molar-refractivity contribution in [3.63, 3.8) is 0 Å². The molecule has 0 spiro atoms. The average Bonchev–Trinajstić information content (AvgIpc) is 2.99. The van der Waals surface area contributed by atoms with Crippen molar-refractivity contribution in [3.8, 4) is 17.1 Å². The van der Waals surface area contributed by atoms with Gasteiger partial charge in [-0.2, -0.15) is 5.10 Å². The highest BCUT2D eigenvalue weighted by atomic mass is 35.5. The Balaban J connectivity index is 0.00000182. The van der Waals surface area contributed by atoms with E-state index in [0.29, 0.717) is 6.54 Å². The highest BCUT2D eigenvalue weighted by Gasteiger charge is 2.25. The van der Waals surface area contributed by atoms with Crippen LogP contribution in [0.1, 0.15) is 43.5 Å². The van der Waals surface area contributed by atoms with Gasteiger partial charge in [-0.15, -0.1) is 12.4 Å². The SMILES string of the molecule is Cc1ccc2c(c1)-c1nc(CC(C)(C)C)nn1Cc1c(C)ncn1-2.Cl. The van der Waals surface area contributed by atoms with E-state index in [4.69, 9.17) is 10.1 Å². The van der Waals surface area contributed by atoms with E-state index in [2.05, 4.69) is 62.4 Å². The first-order chi connectivity index (χ1) is 11.3. The molecule has 0 radical (unpaired) electrons. The molecule has 3 heterocycles. The van der Waals surface area contributed by atoms with Crippen LogP contribution in [0.5, 0.6) is 0 Å². The van der Waals surface area contributed by atoms with Gasteiger partial charge >= 0.3 is 0 Å². The Kier molecular flexibility index (Phi) is 4.23. The van der Waals surface area contributed by atoms with E-state index in [1.165, 1.54) is 11.3 Å². The molecule has 4 rings (SSSR count). The van der Waals surface area contributed by atoms with Gasteiger partial charge in [0.15, 0.2) is 11.6 Å². The Morgan fingerprint density at radius 1 is 1.16 bits per heavy atom. The van der Waals surface area contributed by atoms with Gasteiger partial charge in [0, 0.05) is 12.0 Å². The zero-order valence-electron chi connectivity index (χ0n) is 15.4. The summed E-state index contributed by atoms with van der Waals surface area (Å²) in [5.74, 6) is 1.87. The van der Waals surface area contributed by atoms with Gasteiger partial charge in [-0.3, -0.25) is 0 Å². The number of aromatic nitrogens is 5. The van der Waals surface area contributed by atoms with Crippen molar-refractivity contribution in [2.75, 3.05) is 0 Å². The third kappa shape index (κ3) is 3.09. The van der Waals surface area contributed by atoms with Crippen LogP contribution >= 0.6 is 12.4 Å². The second kappa shape index (κ2) is 5.99. The van der Waals surface area contributed by atoms with Crippen molar-refractivity contribution >= 4 is 12.4 Å². The highest BCUT2D eigenvalue weighted by molar-refractivity contribution is 5.85. The molecule has 0 atom stereocenters. The molecule has 1 aliphatic rings. The second-order valence-electron chi connectivity index (χ2n) is 7.91. The van der Waals surface area contributed by atoms with Crippen LogP contribution in [0.4, 0.5) is 0 Å². The molecule has 0 aliphatic carbocycles. The van der Waals surface area contributed by atoms with Crippen molar-refractivity contribution in [3.05, 3.63) is 47.3 Å². The summed E-state index contributed by atoms with van der Waals surface area (Å²) in [6.07, 6.45) is 2.77. The van der Waals surface area contributed by atoms with Gasteiger partial charge in [-0.1, -0.05) is 32.4 Å². The molecule has 1 aliphatic heterocycles. The van der Waals surface area contributed by atoms with E-state index in [-0.39, 0.29) is 17.8 Å². The maximum Gasteiger partial charge on any atom is 0.160 e. The van der Waals surface area contributed by atoms with Crippen molar-refractivity contribution in [1.29, 1.82) is 0 Å². The Morgan fingerprint density at radius 3 is 2.64 bits per heavy atom. The highest BCUT2D eigenvalue weighted by Crippen LogP contribution is 2.32. The maximum atomic E-state index is 4.89. The fraction of sp³-hybridized carbons (Fsp3) is 0.421. The van der Waals surface area contributed by atoms with E-state index < -0.39 is 0 Å². The molecule has 0 fully saturated rings. The van der Waals surface area contributed by atoms with Gasteiger partial charge in [-0.25, -0.2) is 14.6 Å². The van der Waals surface area contributed by atoms with Crippen molar-refractivity contribution in [2.24, 2.45) is 5.41 Å². The predicted molar refractivity (Wildman–Crippen MR) is 102 cm³/mol. The molecule has 3 aromatic rings. The van der Waals surface area contributed by atoms with Crippen LogP contribution in [-0.4, -0.2) is 24.3 Å². The lowest BCUT2D eigenvalue weighted by atomic mass is 9.92. The fourth-order valence-electron chi connectivity index (χ4n) is 3.29. The lowest BCUT2D eigenvalue weighted by molar-refractivity contribution is 0.399. The largest absolute Gasteiger partial charge is 0.300 e. The molecule has 6 heteroatoms. The fourth-order valence-corrected chi connectivity index (χ4v) is 3.29. The van der Waals surface area contributed by atoms with Gasteiger partial charge in [0.2, 0.25) is 0 Å². The molecule has 0 saturated heterocycles. The minimum absolute atomic E-state index is 0. The Hall–Kier alpha value is -2.14. The molecule has 5 nitrogen and oxygen atoms in total. The average molecular weight is 358 g/mol. The number of hydrogen-bond donors (Lipinski definition) is 0. The van der Waals surface area contributed by atoms with Crippen LogP contribution in [0.15, 0.2) is 24.5 Å². The second-order valence-corrected chi connectivity index (χ2v) is 7.91. The molecule has 1 aromatic carbocycles. The summed E-state index contributed by atoms with van der Waals surface area (Å²) in [6, 6.07) is 6.49.